The molecule has 4 nitrogen and oxygen atoms in total. The zero-order valence-corrected chi connectivity index (χ0v) is 9.54. The predicted molar refractivity (Wildman–Crippen MR) is 58.8 cm³/mol. The summed E-state index contributed by atoms with van der Waals surface area (Å²) in [5, 5.41) is 11.3. The van der Waals surface area contributed by atoms with Gasteiger partial charge in [-0.15, -0.1) is 0 Å². The highest BCUT2D eigenvalue weighted by Gasteiger charge is 2.32. The molecule has 1 aliphatic carbocycles. The van der Waals surface area contributed by atoms with Crippen LogP contribution in [0.5, 0.6) is 0 Å². The van der Waals surface area contributed by atoms with Gasteiger partial charge < -0.3 is 5.32 Å². The lowest BCUT2D eigenvalue weighted by Crippen LogP contribution is -2.35. The first-order valence-electron chi connectivity index (χ1n) is 5.13. The minimum absolute atomic E-state index is 0.0485. The Hall–Kier alpha value is -1.67. The second-order valence-electron chi connectivity index (χ2n) is 3.91. The number of rotatable bonds is 3. The number of nitrogens with one attached hydrogen (secondary N) is 1. The molecule has 1 saturated carbocycles. The van der Waals surface area contributed by atoms with Crippen LogP contribution in [0.15, 0.2) is 12.3 Å². The van der Waals surface area contributed by atoms with Crippen LogP contribution in [0, 0.1) is 23.1 Å². The van der Waals surface area contributed by atoms with Gasteiger partial charge in [-0.05, 0) is 24.8 Å². The predicted octanol–water partition coefficient (Wildman–Crippen LogP) is 1.91. The van der Waals surface area contributed by atoms with Gasteiger partial charge in [0.1, 0.15) is 17.0 Å². The zero-order chi connectivity index (χ0) is 12.4. The van der Waals surface area contributed by atoms with E-state index in [0.29, 0.717) is 0 Å². The lowest BCUT2D eigenvalue weighted by atomic mass is 10.2. The Labute approximate surface area is 102 Å². The molecule has 2 rings (SSSR count). The van der Waals surface area contributed by atoms with Crippen LogP contribution in [0.2, 0.25) is 5.15 Å². The van der Waals surface area contributed by atoms with Crippen molar-refractivity contribution in [3.05, 3.63) is 28.8 Å². The van der Waals surface area contributed by atoms with E-state index in [0.717, 1.165) is 25.1 Å². The third-order valence-corrected chi connectivity index (χ3v) is 2.87. The Morgan fingerprint density at radius 2 is 2.41 bits per heavy atom. The average Bonchev–Trinajstić information content (AvgIpc) is 3.13. The molecule has 0 bridgehead atoms. The molecule has 0 aliphatic heterocycles. The Kier molecular flexibility index (Phi) is 3.25. The summed E-state index contributed by atoms with van der Waals surface area (Å²) in [6, 6.07) is 2.48. The summed E-state index contributed by atoms with van der Waals surface area (Å²) in [7, 11) is 0. The van der Waals surface area contributed by atoms with Gasteiger partial charge in [0.2, 0.25) is 0 Å². The smallest absolute Gasteiger partial charge is 0.255 e. The molecule has 1 amide bonds. The number of aromatic nitrogens is 1. The average molecular weight is 254 g/mol. The summed E-state index contributed by atoms with van der Waals surface area (Å²) in [6.45, 7) is 0. The fourth-order valence-corrected chi connectivity index (χ4v) is 1.68. The van der Waals surface area contributed by atoms with Gasteiger partial charge >= 0.3 is 0 Å². The summed E-state index contributed by atoms with van der Waals surface area (Å²) >= 11 is 5.69. The van der Waals surface area contributed by atoms with Crippen LogP contribution < -0.4 is 5.32 Å². The molecular weight excluding hydrogens is 245 g/mol. The quantitative estimate of drug-likeness (QED) is 0.837. The molecule has 6 heteroatoms. The third kappa shape index (κ3) is 2.71. The van der Waals surface area contributed by atoms with E-state index in [1.165, 1.54) is 0 Å². The Bertz CT molecular complexity index is 496. The summed E-state index contributed by atoms with van der Waals surface area (Å²) < 4.78 is 12.9. The number of carbonyl (C=O) groups excluding carboxylic acids is 1. The van der Waals surface area contributed by atoms with Gasteiger partial charge in [0.15, 0.2) is 0 Å². The van der Waals surface area contributed by atoms with E-state index in [-0.39, 0.29) is 16.6 Å². The van der Waals surface area contributed by atoms with Gasteiger partial charge in [-0.2, -0.15) is 5.26 Å². The first-order valence-corrected chi connectivity index (χ1v) is 5.51. The van der Waals surface area contributed by atoms with Gasteiger partial charge in [-0.25, -0.2) is 9.37 Å². The van der Waals surface area contributed by atoms with Crippen molar-refractivity contribution in [2.75, 3.05) is 0 Å². The van der Waals surface area contributed by atoms with E-state index in [4.69, 9.17) is 16.9 Å². The molecule has 1 aliphatic rings. The van der Waals surface area contributed by atoms with Crippen LogP contribution in [-0.2, 0) is 0 Å². The molecule has 1 unspecified atom stereocenters. The summed E-state index contributed by atoms with van der Waals surface area (Å²) in [5.74, 6) is -1.01. The highest BCUT2D eigenvalue weighted by Crippen LogP contribution is 2.32. The van der Waals surface area contributed by atoms with Crippen molar-refractivity contribution in [1.82, 2.24) is 10.3 Å². The molecule has 1 heterocycles. The zero-order valence-electron chi connectivity index (χ0n) is 8.78. The van der Waals surface area contributed by atoms with E-state index >= 15 is 0 Å². The molecule has 0 spiro atoms. The van der Waals surface area contributed by atoms with Crippen molar-refractivity contribution >= 4 is 17.5 Å². The maximum Gasteiger partial charge on any atom is 0.255 e. The first kappa shape index (κ1) is 11.8. The molecule has 1 atom stereocenters. The summed E-state index contributed by atoms with van der Waals surface area (Å²) in [4.78, 5) is 15.3. The molecule has 17 heavy (non-hydrogen) atoms. The second kappa shape index (κ2) is 4.68. The van der Waals surface area contributed by atoms with Gasteiger partial charge in [0.25, 0.3) is 5.91 Å². The van der Waals surface area contributed by atoms with Gasteiger partial charge in [-0.1, -0.05) is 11.6 Å². The largest absolute Gasteiger partial charge is 0.336 e. The highest BCUT2D eigenvalue weighted by atomic mass is 35.5. The monoisotopic (exact) mass is 253 g/mol. The molecule has 1 aromatic rings. The van der Waals surface area contributed by atoms with Crippen LogP contribution >= 0.6 is 11.6 Å². The number of pyridine rings is 1. The van der Waals surface area contributed by atoms with Crippen molar-refractivity contribution in [3.63, 3.8) is 0 Å². The molecule has 1 aromatic heterocycles. The van der Waals surface area contributed by atoms with E-state index in [1.54, 1.807) is 0 Å². The minimum Gasteiger partial charge on any atom is -0.336 e. The van der Waals surface area contributed by atoms with Crippen molar-refractivity contribution in [2.45, 2.75) is 18.9 Å². The van der Waals surface area contributed by atoms with Crippen molar-refractivity contribution < 1.29 is 9.18 Å². The lowest BCUT2D eigenvalue weighted by molar-refractivity contribution is 0.0941. The number of amides is 1. The number of carbonyl (C=O) groups is 1. The van der Waals surface area contributed by atoms with Gasteiger partial charge in [0.05, 0.1) is 17.8 Å². The normalized spacial score (nSPS) is 16.1. The molecule has 1 fully saturated rings. The number of halogens is 2. The van der Waals surface area contributed by atoms with Crippen LogP contribution in [0.25, 0.3) is 0 Å². The van der Waals surface area contributed by atoms with Crippen LogP contribution in [-0.4, -0.2) is 16.9 Å². The first-order chi connectivity index (χ1) is 8.11. The van der Waals surface area contributed by atoms with Gasteiger partial charge in [0, 0.05) is 0 Å². The minimum atomic E-state index is -0.639. The molecule has 0 radical (unpaired) electrons. The summed E-state index contributed by atoms with van der Waals surface area (Å²) in [6.07, 6.45) is 2.78. The Morgan fingerprint density at radius 1 is 1.71 bits per heavy atom. The maximum atomic E-state index is 12.9. The Morgan fingerprint density at radius 3 is 3.00 bits per heavy atom. The fourth-order valence-electron chi connectivity index (χ4n) is 1.49. The van der Waals surface area contributed by atoms with E-state index in [1.807, 2.05) is 6.07 Å². The van der Waals surface area contributed by atoms with Crippen molar-refractivity contribution in [1.29, 1.82) is 5.26 Å². The number of hydrogen-bond acceptors (Lipinski definition) is 3. The third-order valence-electron chi connectivity index (χ3n) is 2.57. The van der Waals surface area contributed by atoms with Crippen LogP contribution in [0.3, 0.4) is 0 Å². The number of hydrogen-bond donors (Lipinski definition) is 1. The van der Waals surface area contributed by atoms with E-state index in [9.17, 15) is 9.18 Å². The van der Waals surface area contributed by atoms with Crippen molar-refractivity contribution in [3.8, 4) is 6.07 Å². The molecule has 88 valence electrons. The molecular formula is C11H9ClFN3O. The van der Waals surface area contributed by atoms with Gasteiger partial charge in [-0.3, -0.25) is 4.79 Å². The van der Waals surface area contributed by atoms with Crippen LogP contribution in [0.1, 0.15) is 23.2 Å². The Balaban J connectivity index is 2.13. The number of nitriles is 1. The second-order valence-corrected chi connectivity index (χ2v) is 4.27. The molecule has 0 saturated heterocycles. The van der Waals surface area contributed by atoms with E-state index < -0.39 is 17.8 Å². The molecule has 1 N–H and O–H groups in total. The lowest BCUT2D eigenvalue weighted by Gasteiger charge is -2.10. The topological polar surface area (TPSA) is 65.8 Å². The fraction of sp³-hybridized carbons (Fsp3) is 0.364. The summed E-state index contributed by atoms with van der Waals surface area (Å²) in [5.41, 5.74) is -0.0485. The molecule has 0 aromatic carbocycles. The maximum absolute atomic E-state index is 12.9. The highest BCUT2D eigenvalue weighted by molar-refractivity contribution is 6.32. The van der Waals surface area contributed by atoms with E-state index in [2.05, 4.69) is 10.3 Å². The standard InChI is InChI=1S/C11H9ClFN3O/c12-10-8(3-7(13)5-15-10)11(17)16-9(4-14)6-1-2-6/h3,5-6,9H,1-2H2,(H,16,17). The number of nitrogens with zero attached hydrogens (tertiary/aromatic N) is 2. The van der Waals surface area contributed by atoms with Crippen molar-refractivity contribution in [2.24, 2.45) is 5.92 Å². The SMILES string of the molecule is N#CC(NC(=O)c1cc(F)cnc1Cl)C1CC1. The van der Waals surface area contributed by atoms with Crippen LogP contribution in [0.4, 0.5) is 4.39 Å².